The SMILES string of the molecule is Cc1cc2c(ncn2Cc2ccc(Cl)cc2)c(NS(C)(=O)=O)c1C. The summed E-state index contributed by atoms with van der Waals surface area (Å²) in [5.74, 6) is 0. The van der Waals surface area contributed by atoms with Gasteiger partial charge in [0.25, 0.3) is 0 Å². The minimum atomic E-state index is -3.38. The molecule has 0 atom stereocenters. The van der Waals surface area contributed by atoms with Crippen molar-refractivity contribution in [3.63, 3.8) is 0 Å². The minimum Gasteiger partial charge on any atom is -0.326 e. The molecule has 0 aliphatic heterocycles. The number of rotatable bonds is 4. The Hall–Kier alpha value is -2.05. The summed E-state index contributed by atoms with van der Waals surface area (Å²) in [6.07, 6.45) is 2.87. The number of hydrogen-bond acceptors (Lipinski definition) is 3. The monoisotopic (exact) mass is 363 g/mol. The lowest BCUT2D eigenvalue weighted by molar-refractivity contribution is 0.607. The van der Waals surface area contributed by atoms with Crippen LogP contribution in [0.25, 0.3) is 11.0 Å². The van der Waals surface area contributed by atoms with Gasteiger partial charge in [-0.05, 0) is 48.7 Å². The molecule has 1 N–H and O–H groups in total. The van der Waals surface area contributed by atoms with Gasteiger partial charge < -0.3 is 4.57 Å². The Morgan fingerprint density at radius 3 is 2.50 bits per heavy atom. The average molecular weight is 364 g/mol. The van der Waals surface area contributed by atoms with E-state index in [1.54, 1.807) is 6.33 Å². The number of benzene rings is 2. The van der Waals surface area contributed by atoms with Crippen molar-refractivity contribution in [2.45, 2.75) is 20.4 Å². The molecule has 0 radical (unpaired) electrons. The molecule has 24 heavy (non-hydrogen) atoms. The molecule has 0 aliphatic carbocycles. The molecule has 7 heteroatoms. The van der Waals surface area contributed by atoms with Gasteiger partial charge in [-0.2, -0.15) is 0 Å². The van der Waals surface area contributed by atoms with E-state index in [1.807, 2.05) is 48.7 Å². The van der Waals surface area contributed by atoms with Gasteiger partial charge in [-0.25, -0.2) is 13.4 Å². The van der Waals surface area contributed by atoms with Crippen molar-refractivity contribution in [2.75, 3.05) is 11.0 Å². The number of aromatic nitrogens is 2. The molecular weight excluding hydrogens is 346 g/mol. The summed E-state index contributed by atoms with van der Waals surface area (Å²) in [5, 5.41) is 0.695. The van der Waals surface area contributed by atoms with Gasteiger partial charge in [0.05, 0.1) is 23.8 Å². The first-order chi connectivity index (χ1) is 11.2. The predicted molar refractivity (Wildman–Crippen MR) is 98.2 cm³/mol. The fraction of sp³-hybridized carbons (Fsp3) is 0.235. The van der Waals surface area contributed by atoms with Gasteiger partial charge in [-0.3, -0.25) is 4.72 Å². The third-order valence-electron chi connectivity index (χ3n) is 3.99. The molecule has 0 unspecified atom stereocenters. The Balaban J connectivity index is 2.10. The van der Waals surface area contributed by atoms with Crippen LogP contribution in [0.3, 0.4) is 0 Å². The molecule has 0 aliphatic rings. The number of anilines is 1. The smallest absolute Gasteiger partial charge is 0.229 e. The van der Waals surface area contributed by atoms with E-state index in [2.05, 4.69) is 9.71 Å². The summed E-state index contributed by atoms with van der Waals surface area (Å²) in [4.78, 5) is 4.43. The summed E-state index contributed by atoms with van der Waals surface area (Å²) >= 11 is 5.92. The third kappa shape index (κ3) is 3.39. The van der Waals surface area contributed by atoms with E-state index >= 15 is 0 Å². The third-order valence-corrected chi connectivity index (χ3v) is 4.82. The zero-order valence-electron chi connectivity index (χ0n) is 13.7. The van der Waals surface area contributed by atoms with E-state index in [9.17, 15) is 8.42 Å². The van der Waals surface area contributed by atoms with Crippen molar-refractivity contribution in [2.24, 2.45) is 0 Å². The summed E-state index contributed by atoms with van der Waals surface area (Å²) in [6.45, 7) is 4.48. The lowest BCUT2D eigenvalue weighted by atomic mass is 10.1. The van der Waals surface area contributed by atoms with E-state index in [0.717, 1.165) is 28.5 Å². The van der Waals surface area contributed by atoms with Crippen LogP contribution in [0.2, 0.25) is 5.02 Å². The second-order valence-electron chi connectivity index (χ2n) is 5.93. The topological polar surface area (TPSA) is 64.0 Å². The summed E-state index contributed by atoms with van der Waals surface area (Å²) in [6, 6.07) is 9.65. The predicted octanol–water partition coefficient (Wildman–Crippen LogP) is 3.73. The van der Waals surface area contributed by atoms with E-state index in [0.29, 0.717) is 22.8 Å². The van der Waals surface area contributed by atoms with Gasteiger partial charge in [0, 0.05) is 11.6 Å². The second kappa shape index (κ2) is 6.11. The van der Waals surface area contributed by atoms with Gasteiger partial charge in [-0.15, -0.1) is 0 Å². The number of hydrogen-bond donors (Lipinski definition) is 1. The number of nitrogens with one attached hydrogen (secondary N) is 1. The van der Waals surface area contributed by atoms with Crippen molar-refractivity contribution < 1.29 is 8.42 Å². The second-order valence-corrected chi connectivity index (χ2v) is 8.12. The lowest BCUT2D eigenvalue weighted by Crippen LogP contribution is -2.11. The molecule has 5 nitrogen and oxygen atoms in total. The molecular formula is C17H18ClN3O2S. The van der Waals surface area contributed by atoms with Crippen molar-refractivity contribution in [1.82, 2.24) is 9.55 Å². The fourth-order valence-corrected chi connectivity index (χ4v) is 3.39. The summed E-state index contributed by atoms with van der Waals surface area (Å²) in [7, 11) is -3.38. The van der Waals surface area contributed by atoms with Crippen LogP contribution >= 0.6 is 11.6 Å². The number of fused-ring (bicyclic) bond motifs is 1. The molecule has 0 spiro atoms. The number of sulfonamides is 1. The van der Waals surface area contributed by atoms with Crippen LogP contribution in [0.5, 0.6) is 0 Å². The van der Waals surface area contributed by atoms with E-state index in [-0.39, 0.29) is 0 Å². The zero-order valence-corrected chi connectivity index (χ0v) is 15.2. The highest BCUT2D eigenvalue weighted by atomic mass is 35.5. The molecule has 0 saturated heterocycles. The van der Waals surface area contributed by atoms with E-state index in [1.165, 1.54) is 0 Å². The summed E-state index contributed by atoms with van der Waals surface area (Å²) < 4.78 is 28.0. The molecule has 126 valence electrons. The highest BCUT2D eigenvalue weighted by Crippen LogP contribution is 2.30. The van der Waals surface area contributed by atoms with Crippen molar-refractivity contribution >= 4 is 38.3 Å². The van der Waals surface area contributed by atoms with E-state index < -0.39 is 10.0 Å². The zero-order chi connectivity index (χ0) is 17.5. The first kappa shape index (κ1) is 16.8. The van der Waals surface area contributed by atoms with Crippen LogP contribution in [-0.2, 0) is 16.6 Å². The van der Waals surface area contributed by atoms with Crippen LogP contribution in [0.4, 0.5) is 5.69 Å². The van der Waals surface area contributed by atoms with Gasteiger partial charge in [-0.1, -0.05) is 23.7 Å². The van der Waals surface area contributed by atoms with Gasteiger partial charge in [0.15, 0.2) is 0 Å². The van der Waals surface area contributed by atoms with Crippen molar-refractivity contribution in [1.29, 1.82) is 0 Å². The standard InChI is InChI=1S/C17H18ClN3O2S/c1-11-8-15-17(16(12(11)2)20-24(3,22)23)19-10-21(15)9-13-4-6-14(18)7-5-13/h4-8,10,20H,9H2,1-3H3. The molecule has 3 aromatic rings. The number of imidazole rings is 1. The quantitative estimate of drug-likeness (QED) is 0.768. The van der Waals surface area contributed by atoms with Gasteiger partial charge >= 0.3 is 0 Å². The average Bonchev–Trinajstić information content (AvgIpc) is 2.88. The molecule has 2 aromatic carbocycles. The first-order valence-electron chi connectivity index (χ1n) is 7.42. The number of halogens is 1. The molecule has 0 saturated carbocycles. The van der Waals surface area contributed by atoms with Crippen LogP contribution in [0.1, 0.15) is 16.7 Å². The van der Waals surface area contributed by atoms with Crippen LogP contribution < -0.4 is 4.72 Å². The maximum absolute atomic E-state index is 11.7. The van der Waals surface area contributed by atoms with E-state index in [4.69, 9.17) is 11.6 Å². The van der Waals surface area contributed by atoms with Crippen LogP contribution in [0.15, 0.2) is 36.7 Å². The first-order valence-corrected chi connectivity index (χ1v) is 9.69. The largest absolute Gasteiger partial charge is 0.326 e. The maximum Gasteiger partial charge on any atom is 0.229 e. The fourth-order valence-electron chi connectivity index (χ4n) is 2.65. The maximum atomic E-state index is 11.7. The number of nitrogens with zero attached hydrogens (tertiary/aromatic N) is 2. The van der Waals surface area contributed by atoms with Crippen LogP contribution in [-0.4, -0.2) is 24.2 Å². The number of aryl methyl sites for hydroxylation is 1. The molecule has 0 amide bonds. The van der Waals surface area contributed by atoms with Gasteiger partial charge in [0.1, 0.15) is 5.52 Å². The normalized spacial score (nSPS) is 11.8. The van der Waals surface area contributed by atoms with Crippen molar-refractivity contribution in [3.8, 4) is 0 Å². The Morgan fingerprint density at radius 1 is 1.21 bits per heavy atom. The Labute approximate surface area is 146 Å². The lowest BCUT2D eigenvalue weighted by Gasteiger charge is -2.12. The van der Waals surface area contributed by atoms with Crippen molar-refractivity contribution in [3.05, 3.63) is 58.4 Å². The highest BCUT2D eigenvalue weighted by molar-refractivity contribution is 7.92. The molecule has 1 heterocycles. The Morgan fingerprint density at radius 2 is 1.88 bits per heavy atom. The highest BCUT2D eigenvalue weighted by Gasteiger charge is 2.15. The minimum absolute atomic E-state index is 0.544. The Kier molecular flexibility index (Phi) is 4.27. The molecule has 3 rings (SSSR count). The molecule has 1 aromatic heterocycles. The Bertz CT molecular complexity index is 1010. The summed E-state index contributed by atoms with van der Waals surface area (Å²) in [5.41, 5.74) is 5.06. The molecule has 0 bridgehead atoms. The molecule has 0 fully saturated rings. The van der Waals surface area contributed by atoms with Gasteiger partial charge in [0.2, 0.25) is 10.0 Å². The van der Waals surface area contributed by atoms with Crippen LogP contribution in [0, 0.1) is 13.8 Å².